The van der Waals surface area contributed by atoms with Crippen molar-refractivity contribution in [1.82, 2.24) is 10.6 Å². The highest BCUT2D eigenvalue weighted by Crippen LogP contribution is 2.18. The summed E-state index contributed by atoms with van der Waals surface area (Å²) in [6.07, 6.45) is 6.17. The average molecular weight is 489 g/mol. The molecule has 0 unspecified atom stereocenters. The van der Waals surface area contributed by atoms with E-state index >= 15 is 0 Å². The van der Waals surface area contributed by atoms with E-state index in [0.29, 0.717) is 6.54 Å². The van der Waals surface area contributed by atoms with E-state index in [-0.39, 0.29) is 24.0 Å². The number of aliphatic imine (C=N–C) groups is 1. The van der Waals surface area contributed by atoms with Gasteiger partial charge >= 0.3 is 0 Å². The Morgan fingerprint density at radius 3 is 2.83 bits per heavy atom. The number of rotatable bonds is 5. The summed E-state index contributed by atoms with van der Waals surface area (Å²) in [6, 6.07) is 4.29. The first-order valence-corrected chi connectivity index (χ1v) is 7.35. The molecule has 0 saturated carbocycles. The monoisotopic (exact) mass is 489 g/mol. The lowest BCUT2D eigenvalue weighted by Crippen LogP contribution is -2.37. The van der Waals surface area contributed by atoms with Crippen LogP contribution in [0.3, 0.4) is 0 Å². The third-order valence-corrected chi connectivity index (χ3v) is 3.91. The molecule has 0 spiro atoms. The van der Waals surface area contributed by atoms with Gasteiger partial charge in [0.2, 0.25) is 0 Å². The van der Waals surface area contributed by atoms with Gasteiger partial charge in [0.25, 0.3) is 0 Å². The molecular formula is C12H17I2N3S. The molecule has 1 heterocycles. The number of hydrogen-bond acceptors (Lipinski definition) is 2. The molecular weight excluding hydrogens is 472 g/mol. The fourth-order valence-electron chi connectivity index (χ4n) is 1.24. The van der Waals surface area contributed by atoms with E-state index in [9.17, 15) is 0 Å². The van der Waals surface area contributed by atoms with Gasteiger partial charge in [-0.2, -0.15) is 0 Å². The van der Waals surface area contributed by atoms with Crippen molar-refractivity contribution >= 4 is 63.9 Å². The van der Waals surface area contributed by atoms with Gasteiger partial charge < -0.3 is 10.6 Å². The Kier molecular flexibility index (Phi) is 10.9. The molecule has 0 aromatic carbocycles. The minimum atomic E-state index is 0. The molecule has 18 heavy (non-hydrogen) atoms. The Morgan fingerprint density at radius 1 is 1.50 bits per heavy atom. The normalized spacial score (nSPS) is 10.4. The van der Waals surface area contributed by atoms with Crippen LogP contribution in [0.25, 0.3) is 0 Å². The molecule has 0 atom stereocenters. The maximum absolute atomic E-state index is 5.20. The van der Waals surface area contributed by atoms with Gasteiger partial charge in [0.15, 0.2) is 5.96 Å². The standard InChI is InChI=1S/C12H16IN3S.HI/c1-3-8-15-12(14-4-2)16-9-7-10-5-6-11(13)17-10;/h1,5-6H,4,7-9H2,2H3,(H2,14,15,16);1H. The summed E-state index contributed by atoms with van der Waals surface area (Å²) in [5, 5.41) is 6.22. The van der Waals surface area contributed by atoms with Crippen molar-refractivity contribution < 1.29 is 0 Å². The van der Waals surface area contributed by atoms with E-state index in [2.05, 4.69) is 56.3 Å². The molecule has 6 heteroatoms. The average Bonchev–Trinajstić information content (AvgIpc) is 2.72. The van der Waals surface area contributed by atoms with Crippen molar-refractivity contribution in [2.75, 3.05) is 19.6 Å². The van der Waals surface area contributed by atoms with Crippen molar-refractivity contribution in [3.05, 3.63) is 19.9 Å². The predicted molar refractivity (Wildman–Crippen MR) is 99.0 cm³/mol. The quantitative estimate of drug-likeness (QED) is 0.289. The van der Waals surface area contributed by atoms with Crippen LogP contribution in [-0.2, 0) is 6.42 Å². The van der Waals surface area contributed by atoms with Gasteiger partial charge in [0.05, 0.1) is 9.43 Å². The number of nitrogens with one attached hydrogen (secondary N) is 2. The molecule has 0 saturated heterocycles. The molecule has 0 amide bonds. The third-order valence-electron chi connectivity index (χ3n) is 1.96. The first-order valence-electron chi connectivity index (χ1n) is 5.46. The molecule has 100 valence electrons. The van der Waals surface area contributed by atoms with Gasteiger partial charge in [-0.1, -0.05) is 5.92 Å². The zero-order valence-corrected chi connectivity index (χ0v) is 15.5. The van der Waals surface area contributed by atoms with Crippen LogP contribution in [0.1, 0.15) is 11.8 Å². The summed E-state index contributed by atoms with van der Waals surface area (Å²) in [4.78, 5) is 5.83. The van der Waals surface area contributed by atoms with Gasteiger partial charge in [-0.3, -0.25) is 4.99 Å². The van der Waals surface area contributed by atoms with Crippen molar-refractivity contribution in [1.29, 1.82) is 0 Å². The lowest BCUT2D eigenvalue weighted by molar-refractivity contribution is 0.858. The Labute approximate surface area is 143 Å². The number of hydrogen-bond donors (Lipinski definition) is 2. The van der Waals surface area contributed by atoms with Crippen LogP contribution in [0.4, 0.5) is 0 Å². The Bertz CT molecular complexity index is 410. The summed E-state index contributed by atoms with van der Waals surface area (Å²) in [5.74, 6) is 3.33. The molecule has 1 aromatic heterocycles. The minimum Gasteiger partial charge on any atom is -0.357 e. The minimum absolute atomic E-state index is 0. The lowest BCUT2D eigenvalue weighted by Gasteiger charge is -2.08. The second-order valence-corrected chi connectivity index (χ2v) is 6.34. The summed E-state index contributed by atoms with van der Waals surface area (Å²) >= 11 is 4.15. The fourth-order valence-corrected chi connectivity index (χ4v) is 2.98. The molecule has 0 bridgehead atoms. The molecule has 2 N–H and O–H groups in total. The van der Waals surface area contributed by atoms with Crippen molar-refractivity contribution in [2.24, 2.45) is 4.99 Å². The predicted octanol–water partition coefficient (Wildman–Crippen LogP) is 2.70. The van der Waals surface area contributed by atoms with Gasteiger partial charge in [-0.15, -0.1) is 41.7 Å². The Morgan fingerprint density at radius 2 is 2.28 bits per heavy atom. The SMILES string of the molecule is C#CCNC(=NCCc1ccc(I)s1)NCC.I. The number of halogens is 2. The van der Waals surface area contributed by atoms with E-state index in [1.807, 2.05) is 18.3 Å². The fraction of sp³-hybridized carbons (Fsp3) is 0.417. The van der Waals surface area contributed by atoms with Crippen molar-refractivity contribution in [3.8, 4) is 12.3 Å². The number of terminal acetylenes is 1. The first kappa shape index (κ1) is 18.0. The summed E-state index contributed by atoms with van der Waals surface area (Å²) in [7, 11) is 0. The largest absolute Gasteiger partial charge is 0.357 e. The van der Waals surface area contributed by atoms with Crippen LogP contribution in [0.2, 0.25) is 0 Å². The van der Waals surface area contributed by atoms with Crippen LogP contribution in [-0.4, -0.2) is 25.6 Å². The maximum Gasteiger partial charge on any atom is 0.192 e. The van der Waals surface area contributed by atoms with Gasteiger partial charge in [0.1, 0.15) is 0 Å². The maximum atomic E-state index is 5.20. The molecule has 0 aliphatic heterocycles. The van der Waals surface area contributed by atoms with E-state index < -0.39 is 0 Å². The van der Waals surface area contributed by atoms with Gasteiger partial charge in [0, 0.05) is 24.4 Å². The number of guanidine groups is 1. The number of nitrogens with zero attached hydrogens (tertiary/aromatic N) is 1. The van der Waals surface area contributed by atoms with Crippen LogP contribution in [0.5, 0.6) is 0 Å². The zero-order valence-electron chi connectivity index (χ0n) is 10.2. The molecule has 3 nitrogen and oxygen atoms in total. The molecule has 0 aliphatic rings. The van der Waals surface area contributed by atoms with Crippen LogP contribution < -0.4 is 10.6 Å². The molecule has 1 aromatic rings. The van der Waals surface area contributed by atoms with E-state index in [1.165, 1.54) is 7.76 Å². The van der Waals surface area contributed by atoms with Crippen LogP contribution in [0.15, 0.2) is 17.1 Å². The molecule has 1 rings (SSSR count). The van der Waals surface area contributed by atoms with E-state index in [4.69, 9.17) is 6.42 Å². The van der Waals surface area contributed by atoms with Crippen LogP contribution in [0, 0.1) is 15.2 Å². The molecule has 0 aliphatic carbocycles. The Balaban J connectivity index is 0.00000289. The molecule has 0 radical (unpaired) electrons. The third kappa shape index (κ3) is 7.43. The van der Waals surface area contributed by atoms with Gasteiger partial charge in [-0.05, 0) is 41.6 Å². The van der Waals surface area contributed by atoms with Crippen molar-refractivity contribution in [2.45, 2.75) is 13.3 Å². The van der Waals surface area contributed by atoms with Gasteiger partial charge in [-0.25, -0.2) is 0 Å². The summed E-state index contributed by atoms with van der Waals surface area (Å²) < 4.78 is 1.32. The van der Waals surface area contributed by atoms with E-state index in [0.717, 1.165) is 25.5 Å². The number of thiophene rings is 1. The highest BCUT2D eigenvalue weighted by molar-refractivity contribution is 14.1. The topological polar surface area (TPSA) is 36.4 Å². The zero-order chi connectivity index (χ0) is 12.5. The Hall–Kier alpha value is -0.01000. The lowest BCUT2D eigenvalue weighted by atomic mass is 10.3. The summed E-state index contributed by atoms with van der Waals surface area (Å²) in [5.41, 5.74) is 0. The first-order chi connectivity index (χ1) is 8.26. The summed E-state index contributed by atoms with van der Waals surface area (Å²) in [6.45, 7) is 4.15. The highest BCUT2D eigenvalue weighted by atomic mass is 127. The smallest absolute Gasteiger partial charge is 0.192 e. The second kappa shape index (κ2) is 10.9. The van der Waals surface area contributed by atoms with Crippen LogP contribution >= 0.6 is 57.9 Å². The highest BCUT2D eigenvalue weighted by Gasteiger charge is 1.98. The van der Waals surface area contributed by atoms with Crippen molar-refractivity contribution in [3.63, 3.8) is 0 Å². The molecule has 0 fully saturated rings. The second-order valence-electron chi connectivity index (χ2n) is 3.27. The van der Waals surface area contributed by atoms with E-state index in [1.54, 1.807) is 0 Å².